The molecule has 0 spiro atoms. The summed E-state index contributed by atoms with van der Waals surface area (Å²) in [6.07, 6.45) is 9.16. The standard InChI is InChI=1S/C13H23N3O/c1-10(2)16-9-12(8-14-16)15-11-4-6-13(17-3)7-5-11/h8-11,13,15H,4-7H2,1-3H3. The number of methoxy groups -OCH3 is 1. The molecule has 0 atom stereocenters. The molecule has 0 amide bonds. The minimum absolute atomic E-state index is 0.426. The van der Waals surface area contributed by atoms with Gasteiger partial charge in [-0.15, -0.1) is 0 Å². The van der Waals surface area contributed by atoms with Crippen molar-refractivity contribution in [2.75, 3.05) is 12.4 Å². The summed E-state index contributed by atoms with van der Waals surface area (Å²) >= 11 is 0. The van der Waals surface area contributed by atoms with Gasteiger partial charge in [0.05, 0.1) is 18.0 Å². The predicted molar refractivity (Wildman–Crippen MR) is 69.3 cm³/mol. The normalized spacial score (nSPS) is 25.2. The van der Waals surface area contributed by atoms with Gasteiger partial charge >= 0.3 is 0 Å². The van der Waals surface area contributed by atoms with Crippen LogP contribution in [0.2, 0.25) is 0 Å². The second kappa shape index (κ2) is 5.54. The summed E-state index contributed by atoms with van der Waals surface area (Å²) in [7, 11) is 1.81. The fraction of sp³-hybridized carbons (Fsp3) is 0.769. The molecular weight excluding hydrogens is 214 g/mol. The van der Waals surface area contributed by atoms with Crippen LogP contribution in [0.15, 0.2) is 12.4 Å². The first-order valence-corrected chi connectivity index (χ1v) is 6.52. The lowest BCUT2D eigenvalue weighted by atomic mass is 9.93. The van der Waals surface area contributed by atoms with Gasteiger partial charge in [0.15, 0.2) is 0 Å². The topological polar surface area (TPSA) is 39.1 Å². The summed E-state index contributed by atoms with van der Waals surface area (Å²) in [5.74, 6) is 0. The van der Waals surface area contributed by atoms with Crippen molar-refractivity contribution < 1.29 is 4.74 Å². The number of rotatable bonds is 4. The molecule has 0 aromatic carbocycles. The highest BCUT2D eigenvalue weighted by Gasteiger charge is 2.20. The number of hydrogen-bond acceptors (Lipinski definition) is 3. The Morgan fingerprint density at radius 1 is 1.35 bits per heavy atom. The van der Waals surface area contributed by atoms with Gasteiger partial charge in [-0.1, -0.05) is 0 Å². The molecule has 17 heavy (non-hydrogen) atoms. The zero-order valence-corrected chi connectivity index (χ0v) is 11.0. The van der Waals surface area contributed by atoms with Crippen LogP contribution in [0.4, 0.5) is 5.69 Å². The molecule has 1 aromatic heterocycles. The molecule has 1 saturated carbocycles. The third-order valence-corrected chi connectivity index (χ3v) is 3.51. The summed E-state index contributed by atoms with van der Waals surface area (Å²) < 4.78 is 7.37. The Labute approximate surface area is 103 Å². The number of nitrogens with one attached hydrogen (secondary N) is 1. The largest absolute Gasteiger partial charge is 0.381 e. The van der Waals surface area contributed by atoms with Crippen molar-refractivity contribution in [3.05, 3.63) is 12.4 Å². The molecule has 96 valence electrons. The first kappa shape index (κ1) is 12.4. The van der Waals surface area contributed by atoms with Crippen LogP contribution in [0.5, 0.6) is 0 Å². The highest BCUT2D eigenvalue weighted by Crippen LogP contribution is 2.23. The van der Waals surface area contributed by atoms with Gasteiger partial charge in [0.1, 0.15) is 0 Å². The Kier molecular flexibility index (Phi) is 4.05. The zero-order chi connectivity index (χ0) is 12.3. The summed E-state index contributed by atoms with van der Waals surface area (Å²) in [6.45, 7) is 4.28. The molecular formula is C13H23N3O. The molecule has 0 bridgehead atoms. The van der Waals surface area contributed by atoms with E-state index >= 15 is 0 Å². The van der Waals surface area contributed by atoms with E-state index in [-0.39, 0.29) is 0 Å². The zero-order valence-electron chi connectivity index (χ0n) is 11.0. The molecule has 0 unspecified atom stereocenters. The van der Waals surface area contributed by atoms with Crippen LogP contribution in [-0.2, 0) is 4.74 Å². The predicted octanol–water partition coefficient (Wildman–Crippen LogP) is 2.83. The lowest BCUT2D eigenvalue weighted by Crippen LogP contribution is -2.29. The van der Waals surface area contributed by atoms with Crippen molar-refractivity contribution in [3.63, 3.8) is 0 Å². The van der Waals surface area contributed by atoms with Crippen molar-refractivity contribution >= 4 is 5.69 Å². The van der Waals surface area contributed by atoms with Gasteiger partial charge in [-0.25, -0.2) is 0 Å². The first-order chi connectivity index (χ1) is 8.19. The van der Waals surface area contributed by atoms with Crippen LogP contribution in [-0.4, -0.2) is 29.0 Å². The van der Waals surface area contributed by atoms with Crippen molar-refractivity contribution in [2.45, 2.75) is 57.7 Å². The summed E-state index contributed by atoms with van der Waals surface area (Å²) in [4.78, 5) is 0. The molecule has 4 heteroatoms. The van der Waals surface area contributed by atoms with E-state index in [0.717, 1.165) is 18.5 Å². The molecule has 1 aliphatic carbocycles. The second-order valence-electron chi connectivity index (χ2n) is 5.16. The Hall–Kier alpha value is -1.03. The van der Waals surface area contributed by atoms with E-state index in [1.807, 2.05) is 18.0 Å². The average molecular weight is 237 g/mol. The molecule has 0 saturated heterocycles. The Balaban J connectivity index is 1.84. The van der Waals surface area contributed by atoms with Crippen molar-refractivity contribution in [2.24, 2.45) is 0 Å². The molecule has 4 nitrogen and oxygen atoms in total. The fourth-order valence-electron chi connectivity index (χ4n) is 2.37. The fourth-order valence-corrected chi connectivity index (χ4v) is 2.37. The van der Waals surface area contributed by atoms with Crippen LogP contribution in [0.25, 0.3) is 0 Å². The van der Waals surface area contributed by atoms with Gasteiger partial charge in [-0.3, -0.25) is 4.68 Å². The first-order valence-electron chi connectivity index (χ1n) is 6.52. The quantitative estimate of drug-likeness (QED) is 0.875. The van der Waals surface area contributed by atoms with E-state index in [9.17, 15) is 0 Å². The van der Waals surface area contributed by atoms with Gasteiger partial charge in [0.25, 0.3) is 0 Å². The summed E-state index contributed by atoms with van der Waals surface area (Å²) in [5.41, 5.74) is 1.14. The van der Waals surface area contributed by atoms with Gasteiger partial charge in [0, 0.05) is 25.4 Å². The monoisotopic (exact) mass is 237 g/mol. The van der Waals surface area contributed by atoms with Crippen LogP contribution in [0.1, 0.15) is 45.6 Å². The van der Waals surface area contributed by atoms with Crippen LogP contribution >= 0.6 is 0 Å². The van der Waals surface area contributed by atoms with E-state index in [2.05, 4.69) is 30.5 Å². The Bertz CT molecular complexity index is 340. The highest BCUT2D eigenvalue weighted by atomic mass is 16.5. The minimum atomic E-state index is 0.426. The van der Waals surface area contributed by atoms with E-state index in [1.165, 1.54) is 12.8 Å². The average Bonchev–Trinajstić information content (AvgIpc) is 2.79. The second-order valence-corrected chi connectivity index (χ2v) is 5.16. The van der Waals surface area contributed by atoms with Crippen LogP contribution in [0, 0.1) is 0 Å². The summed E-state index contributed by atoms with van der Waals surface area (Å²) in [6, 6.07) is 1.00. The van der Waals surface area contributed by atoms with Gasteiger partial charge in [0.2, 0.25) is 0 Å². The molecule has 1 aromatic rings. The molecule has 1 heterocycles. The number of aromatic nitrogens is 2. The molecule has 1 N–H and O–H groups in total. The number of nitrogens with zero attached hydrogens (tertiary/aromatic N) is 2. The number of anilines is 1. The summed E-state index contributed by atoms with van der Waals surface area (Å²) in [5, 5.41) is 7.90. The molecule has 1 aliphatic rings. The molecule has 0 aliphatic heterocycles. The van der Waals surface area contributed by atoms with Crippen molar-refractivity contribution in [1.29, 1.82) is 0 Å². The maximum absolute atomic E-state index is 5.38. The van der Waals surface area contributed by atoms with E-state index in [1.54, 1.807) is 0 Å². The van der Waals surface area contributed by atoms with E-state index in [4.69, 9.17) is 4.74 Å². The van der Waals surface area contributed by atoms with Gasteiger partial charge in [-0.05, 0) is 39.5 Å². The van der Waals surface area contributed by atoms with E-state index < -0.39 is 0 Å². The number of hydrogen-bond donors (Lipinski definition) is 1. The molecule has 1 fully saturated rings. The van der Waals surface area contributed by atoms with E-state index in [0.29, 0.717) is 18.2 Å². The molecule has 2 rings (SSSR count). The van der Waals surface area contributed by atoms with Crippen LogP contribution in [0.3, 0.4) is 0 Å². The maximum atomic E-state index is 5.38. The lowest BCUT2D eigenvalue weighted by Gasteiger charge is -2.28. The van der Waals surface area contributed by atoms with Gasteiger partial charge < -0.3 is 10.1 Å². The third kappa shape index (κ3) is 3.22. The SMILES string of the molecule is COC1CCC(Nc2cnn(C(C)C)c2)CC1. The lowest BCUT2D eigenvalue weighted by molar-refractivity contribution is 0.0682. The van der Waals surface area contributed by atoms with Crippen LogP contribution < -0.4 is 5.32 Å². The smallest absolute Gasteiger partial charge is 0.0728 e. The third-order valence-electron chi connectivity index (χ3n) is 3.51. The molecule has 0 radical (unpaired) electrons. The highest BCUT2D eigenvalue weighted by molar-refractivity contribution is 5.39. The maximum Gasteiger partial charge on any atom is 0.0728 e. The Morgan fingerprint density at radius 3 is 2.59 bits per heavy atom. The van der Waals surface area contributed by atoms with Gasteiger partial charge in [-0.2, -0.15) is 5.10 Å². The van der Waals surface area contributed by atoms with Crippen molar-refractivity contribution in [3.8, 4) is 0 Å². The van der Waals surface area contributed by atoms with Crippen molar-refractivity contribution in [1.82, 2.24) is 9.78 Å². The number of ether oxygens (including phenoxy) is 1. The minimum Gasteiger partial charge on any atom is -0.381 e. The Morgan fingerprint density at radius 2 is 2.06 bits per heavy atom.